The Morgan fingerprint density at radius 2 is 1.88 bits per heavy atom. The monoisotopic (exact) mass is 451 g/mol. The van der Waals surface area contributed by atoms with E-state index in [4.69, 9.17) is 19.8 Å². The molecule has 2 aliphatic rings. The first-order chi connectivity index (χ1) is 15.8. The minimum atomic E-state index is -1.82. The van der Waals surface area contributed by atoms with Crippen LogP contribution >= 0.6 is 0 Å². The molecule has 10 nitrogen and oxygen atoms in total. The normalized spacial score (nSPS) is 19.7. The number of nitrogens with zero attached hydrogens (tertiary/aromatic N) is 5. The van der Waals surface area contributed by atoms with E-state index in [1.807, 2.05) is 48.0 Å². The maximum absolute atomic E-state index is 13.4. The SMILES string of the molecule is Cc1nc2ccccn2c1C(=O)N1CC[C@H]2CN(Cc3cccnc3)C[C@H]21.O=C(O)C(=O)O. The average Bonchev–Trinajstić information content (AvgIpc) is 3.46. The van der Waals surface area contributed by atoms with Gasteiger partial charge in [0.1, 0.15) is 11.3 Å². The van der Waals surface area contributed by atoms with Gasteiger partial charge in [-0.1, -0.05) is 12.1 Å². The second-order valence-electron chi connectivity index (χ2n) is 8.25. The van der Waals surface area contributed by atoms with Crippen LogP contribution in [-0.4, -0.2) is 77.9 Å². The highest BCUT2D eigenvalue weighted by Gasteiger charge is 2.44. The van der Waals surface area contributed by atoms with Gasteiger partial charge in [0.2, 0.25) is 0 Å². The first-order valence-electron chi connectivity index (χ1n) is 10.7. The summed E-state index contributed by atoms with van der Waals surface area (Å²) < 4.78 is 1.92. The van der Waals surface area contributed by atoms with E-state index >= 15 is 0 Å². The summed E-state index contributed by atoms with van der Waals surface area (Å²) in [5.74, 6) is -2.97. The molecule has 3 aromatic heterocycles. The Kier molecular flexibility index (Phi) is 6.36. The molecule has 5 heterocycles. The lowest BCUT2D eigenvalue weighted by Crippen LogP contribution is -2.40. The van der Waals surface area contributed by atoms with Gasteiger partial charge in [-0.15, -0.1) is 0 Å². The predicted molar refractivity (Wildman–Crippen MR) is 118 cm³/mol. The van der Waals surface area contributed by atoms with Gasteiger partial charge in [0.15, 0.2) is 0 Å². The number of carbonyl (C=O) groups excluding carboxylic acids is 1. The fourth-order valence-corrected chi connectivity index (χ4v) is 4.69. The van der Waals surface area contributed by atoms with Gasteiger partial charge in [-0.25, -0.2) is 14.6 Å². The van der Waals surface area contributed by atoms with Crippen molar-refractivity contribution in [3.63, 3.8) is 0 Å². The third-order valence-corrected chi connectivity index (χ3v) is 6.10. The summed E-state index contributed by atoms with van der Waals surface area (Å²) in [5.41, 5.74) is 3.57. The van der Waals surface area contributed by atoms with Crippen LogP contribution < -0.4 is 0 Å². The first kappa shape index (κ1) is 22.4. The third-order valence-electron chi connectivity index (χ3n) is 6.10. The van der Waals surface area contributed by atoms with Crippen molar-refractivity contribution in [2.75, 3.05) is 19.6 Å². The fraction of sp³-hybridized carbons (Fsp3) is 0.348. The van der Waals surface area contributed by atoms with Crippen molar-refractivity contribution < 1.29 is 24.6 Å². The van der Waals surface area contributed by atoms with E-state index in [1.165, 1.54) is 5.56 Å². The molecule has 0 bridgehead atoms. The van der Waals surface area contributed by atoms with Crippen LogP contribution in [0.3, 0.4) is 0 Å². The molecule has 5 rings (SSSR count). The van der Waals surface area contributed by atoms with Crippen LogP contribution in [0.2, 0.25) is 0 Å². The van der Waals surface area contributed by atoms with Crippen LogP contribution in [0.4, 0.5) is 0 Å². The maximum atomic E-state index is 13.4. The van der Waals surface area contributed by atoms with Gasteiger partial charge in [-0.3, -0.25) is 19.1 Å². The number of hydrogen-bond acceptors (Lipinski definition) is 6. The van der Waals surface area contributed by atoms with Crippen molar-refractivity contribution in [3.05, 3.63) is 65.9 Å². The number of pyridine rings is 2. The molecule has 0 spiro atoms. The molecule has 0 aliphatic carbocycles. The number of aryl methyl sites for hydroxylation is 1. The molecule has 0 radical (unpaired) electrons. The Morgan fingerprint density at radius 3 is 2.58 bits per heavy atom. The van der Waals surface area contributed by atoms with Crippen LogP contribution in [0.15, 0.2) is 48.9 Å². The van der Waals surface area contributed by atoms with E-state index in [1.54, 1.807) is 6.20 Å². The van der Waals surface area contributed by atoms with Gasteiger partial charge >= 0.3 is 11.9 Å². The summed E-state index contributed by atoms with van der Waals surface area (Å²) in [7, 11) is 0. The molecule has 0 unspecified atom stereocenters. The Bertz CT molecular complexity index is 1170. The molecular weight excluding hydrogens is 426 g/mol. The number of aromatic nitrogens is 3. The standard InChI is InChI=1S/C21H23N5O.C2H2O4/c1-15-20(26-9-3-2-6-19(26)23-15)21(27)25-10-7-17-13-24(14-18(17)25)12-16-5-4-8-22-11-16;3-1(4)2(5)6/h2-6,8-9,11,17-18H,7,10,12-14H2,1H3;(H,3,4)(H,5,6)/t17-,18+;/m0./s1. The zero-order chi connectivity index (χ0) is 23.5. The number of likely N-dealkylation sites (tertiary alicyclic amines) is 2. The number of aliphatic carboxylic acids is 2. The van der Waals surface area contributed by atoms with Gasteiger partial charge < -0.3 is 15.1 Å². The van der Waals surface area contributed by atoms with Crippen LogP contribution in [0.5, 0.6) is 0 Å². The van der Waals surface area contributed by atoms with Crippen molar-refractivity contribution in [1.82, 2.24) is 24.2 Å². The quantitative estimate of drug-likeness (QED) is 0.574. The van der Waals surface area contributed by atoms with Crippen molar-refractivity contribution in [1.29, 1.82) is 0 Å². The molecule has 3 aromatic rings. The number of hydrogen-bond donors (Lipinski definition) is 2. The number of carboxylic acid groups (broad SMARTS) is 2. The van der Waals surface area contributed by atoms with E-state index in [0.29, 0.717) is 17.7 Å². The van der Waals surface area contributed by atoms with Crippen molar-refractivity contribution in [2.24, 2.45) is 5.92 Å². The Balaban J connectivity index is 0.000000385. The molecule has 172 valence electrons. The smallest absolute Gasteiger partial charge is 0.414 e. The van der Waals surface area contributed by atoms with E-state index in [0.717, 1.165) is 43.9 Å². The highest BCUT2D eigenvalue weighted by molar-refractivity contribution is 6.27. The van der Waals surface area contributed by atoms with Crippen LogP contribution in [0, 0.1) is 12.8 Å². The topological polar surface area (TPSA) is 128 Å². The van der Waals surface area contributed by atoms with Gasteiger partial charge in [-0.05, 0) is 43.0 Å². The van der Waals surface area contributed by atoms with Crippen molar-refractivity contribution >= 4 is 23.5 Å². The lowest BCUT2D eigenvalue weighted by Gasteiger charge is -2.25. The van der Waals surface area contributed by atoms with Crippen LogP contribution in [0.25, 0.3) is 5.65 Å². The minimum absolute atomic E-state index is 0.113. The number of carbonyl (C=O) groups is 3. The highest BCUT2D eigenvalue weighted by atomic mass is 16.4. The largest absolute Gasteiger partial charge is 0.473 e. The number of imidazole rings is 1. The Morgan fingerprint density at radius 1 is 1.09 bits per heavy atom. The summed E-state index contributed by atoms with van der Waals surface area (Å²) in [6.07, 6.45) is 6.74. The molecule has 2 saturated heterocycles. The first-order valence-corrected chi connectivity index (χ1v) is 10.7. The van der Waals surface area contributed by atoms with Gasteiger partial charge in [0, 0.05) is 50.8 Å². The summed E-state index contributed by atoms with van der Waals surface area (Å²) in [6, 6.07) is 10.2. The summed E-state index contributed by atoms with van der Waals surface area (Å²) >= 11 is 0. The third kappa shape index (κ3) is 4.70. The van der Waals surface area contributed by atoms with Crippen LogP contribution in [-0.2, 0) is 16.1 Å². The molecule has 2 fully saturated rings. The molecule has 2 atom stereocenters. The second kappa shape index (κ2) is 9.37. The number of carboxylic acids is 2. The van der Waals surface area contributed by atoms with Gasteiger partial charge in [-0.2, -0.15) is 0 Å². The van der Waals surface area contributed by atoms with Crippen molar-refractivity contribution in [2.45, 2.75) is 25.9 Å². The van der Waals surface area contributed by atoms with Gasteiger partial charge in [0.25, 0.3) is 5.91 Å². The number of amides is 1. The Labute approximate surface area is 190 Å². The summed E-state index contributed by atoms with van der Waals surface area (Å²) in [6.45, 7) is 5.65. The zero-order valence-corrected chi connectivity index (χ0v) is 18.2. The molecule has 2 aliphatic heterocycles. The molecule has 10 heteroatoms. The predicted octanol–water partition coefficient (Wildman–Crippen LogP) is 1.54. The molecule has 0 saturated carbocycles. The zero-order valence-electron chi connectivity index (χ0n) is 18.2. The van der Waals surface area contributed by atoms with E-state index < -0.39 is 11.9 Å². The van der Waals surface area contributed by atoms with E-state index in [9.17, 15) is 4.79 Å². The second-order valence-corrected chi connectivity index (χ2v) is 8.25. The molecule has 33 heavy (non-hydrogen) atoms. The van der Waals surface area contributed by atoms with Gasteiger partial charge in [0.05, 0.1) is 5.69 Å². The molecular formula is C23H25N5O5. The lowest BCUT2D eigenvalue weighted by atomic mass is 10.1. The van der Waals surface area contributed by atoms with E-state index in [-0.39, 0.29) is 5.91 Å². The summed E-state index contributed by atoms with van der Waals surface area (Å²) in [5, 5.41) is 14.8. The number of fused-ring (bicyclic) bond motifs is 2. The van der Waals surface area contributed by atoms with Crippen LogP contribution in [0.1, 0.15) is 28.2 Å². The Hall–Kier alpha value is -3.79. The molecule has 2 N–H and O–H groups in total. The summed E-state index contributed by atoms with van der Waals surface area (Å²) in [4.78, 5) is 44.9. The number of rotatable bonds is 3. The fourth-order valence-electron chi connectivity index (χ4n) is 4.69. The molecule has 0 aromatic carbocycles. The average molecular weight is 451 g/mol. The lowest BCUT2D eigenvalue weighted by molar-refractivity contribution is -0.159. The van der Waals surface area contributed by atoms with E-state index in [2.05, 4.69) is 25.8 Å². The highest BCUT2D eigenvalue weighted by Crippen LogP contribution is 2.33. The van der Waals surface area contributed by atoms with Crippen molar-refractivity contribution in [3.8, 4) is 0 Å². The molecule has 1 amide bonds. The minimum Gasteiger partial charge on any atom is -0.473 e. The maximum Gasteiger partial charge on any atom is 0.414 e.